The molecule has 20 heteroatoms. The number of nitrogens with two attached hydrogens (primary N) is 1. The van der Waals surface area contributed by atoms with Gasteiger partial charge in [-0.1, -0.05) is 39.8 Å². The summed E-state index contributed by atoms with van der Waals surface area (Å²) in [7, 11) is 3.39. The van der Waals surface area contributed by atoms with Crippen LogP contribution in [0.5, 0.6) is 0 Å². The van der Waals surface area contributed by atoms with Crippen LogP contribution in [0.4, 0.5) is 10.6 Å². The van der Waals surface area contributed by atoms with Gasteiger partial charge in [-0.25, -0.2) is 30.2 Å². The number of aryl methyl sites for hydroxylation is 1. The lowest BCUT2D eigenvalue weighted by Gasteiger charge is -2.48. The molecule has 0 aromatic carbocycles. The van der Waals surface area contributed by atoms with Crippen LogP contribution in [0.1, 0.15) is 86.6 Å². The normalized spacial score (nSPS) is 34.0. The highest BCUT2D eigenvalue weighted by Gasteiger charge is 2.61. The molecule has 1 amide bonds. The van der Waals surface area contributed by atoms with Crippen LogP contribution < -0.4 is 11.2 Å². The molecule has 4 N–H and O–H groups in total. The highest BCUT2D eigenvalue weighted by molar-refractivity contribution is 5.85. The van der Waals surface area contributed by atoms with Crippen LogP contribution in [0.3, 0.4) is 0 Å². The van der Waals surface area contributed by atoms with Crippen LogP contribution in [0.15, 0.2) is 49.8 Å². The molecule has 20 nitrogen and oxygen atoms in total. The number of amides is 1. The number of hydrogen-bond acceptors (Lipinski definition) is 18. The van der Waals surface area contributed by atoms with Crippen molar-refractivity contribution in [2.24, 2.45) is 23.7 Å². The second-order valence-electron chi connectivity index (χ2n) is 19.2. The monoisotopic (exact) mass is 950 g/mol. The van der Waals surface area contributed by atoms with Gasteiger partial charge in [-0.05, 0) is 72.1 Å². The molecule has 6 heterocycles. The van der Waals surface area contributed by atoms with E-state index < -0.39 is 89.7 Å². The third-order valence-electron chi connectivity index (χ3n) is 14.2. The number of hydrogen-bond donors (Lipinski definition) is 3. The summed E-state index contributed by atoms with van der Waals surface area (Å²) in [5.74, 6) is -4.90. The molecule has 0 radical (unpaired) electrons. The van der Waals surface area contributed by atoms with E-state index >= 15 is 4.79 Å². The number of ether oxygens (including phenoxy) is 6. The van der Waals surface area contributed by atoms with E-state index in [9.17, 15) is 19.5 Å². The van der Waals surface area contributed by atoms with E-state index in [0.717, 1.165) is 0 Å². The number of imidazole rings is 1. The van der Waals surface area contributed by atoms with Crippen molar-refractivity contribution in [3.8, 4) is 0 Å². The number of nitrogens with one attached hydrogen (secondary N) is 1. The maximum absolute atomic E-state index is 15.0. The average Bonchev–Trinajstić information content (AvgIpc) is 3.85. The summed E-state index contributed by atoms with van der Waals surface area (Å²) in [5, 5.41) is 13.3. The molecule has 0 unspecified atom stereocenters. The molecular formula is C48H71N9O11. The summed E-state index contributed by atoms with van der Waals surface area (Å²) in [6.45, 7) is 19.2. The van der Waals surface area contributed by atoms with Crippen LogP contribution in [-0.4, -0.2) is 151 Å². The number of esters is 2. The molecule has 3 saturated heterocycles. The first-order valence-electron chi connectivity index (χ1n) is 23.6. The zero-order valence-corrected chi connectivity index (χ0v) is 41.1. The molecule has 0 saturated carbocycles. The fourth-order valence-electron chi connectivity index (χ4n) is 10.5. The number of fused-ring (bicyclic) bond motifs is 2. The van der Waals surface area contributed by atoms with E-state index in [0.29, 0.717) is 42.7 Å². The van der Waals surface area contributed by atoms with Crippen LogP contribution >= 0.6 is 0 Å². The lowest BCUT2D eigenvalue weighted by Crippen LogP contribution is -2.62. The number of cyclic esters (lactones) is 1. The van der Waals surface area contributed by atoms with Gasteiger partial charge >= 0.3 is 18.0 Å². The molecule has 68 heavy (non-hydrogen) atoms. The summed E-state index contributed by atoms with van der Waals surface area (Å²) in [6, 6.07) is 2.12. The zero-order chi connectivity index (χ0) is 49.7. The third kappa shape index (κ3) is 11.0. The van der Waals surface area contributed by atoms with Crippen molar-refractivity contribution in [1.29, 1.82) is 0 Å². The standard InChI is InChI=1S/C48H71N9O11/c1-12-19-55(10)33-21-28(4)64-45(38(33)60)67-41-30(6)39(66-35(58)22-32-16-14-17-50-24-32)31(7)44(61)65-34(13-2)48(9)40(29(5)37(59)27(3)23-47(41,8)63-11)57(46(62)68-48)54-18-15-20-56-26-53-36-42(49)51-25-52-43(36)56/h12,14,16-17,24-31,33-34,38-41,45,54,60H,1,13,15,18-23H2,2-11H3,(H2,49,51,52)/t27-,28+,29+,30+,31-,33-,34-,38+,39+,40-,41-,45-,47-,48-/m1/s1. The van der Waals surface area contributed by atoms with Gasteiger partial charge in [0.1, 0.15) is 42.0 Å². The van der Waals surface area contributed by atoms with E-state index in [-0.39, 0.29) is 49.6 Å². The number of aliphatic hydroxyl groups is 1. The number of nitrogens with zero attached hydrogens (tertiary/aromatic N) is 7. The van der Waals surface area contributed by atoms with Crippen molar-refractivity contribution in [3.63, 3.8) is 0 Å². The van der Waals surface area contributed by atoms with Gasteiger partial charge in [0.25, 0.3) is 0 Å². The lowest BCUT2D eigenvalue weighted by atomic mass is 9.73. The minimum absolute atomic E-state index is 0.0742. The predicted octanol–water partition coefficient (Wildman–Crippen LogP) is 4.04. The molecule has 0 aliphatic carbocycles. The van der Waals surface area contributed by atoms with Gasteiger partial charge in [-0.2, -0.15) is 0 Å². The number of aliphatic hydroxyl groups excluding tert-OH is 1. The molecule has 3 aliphatic heterocycles. The topological polar surface area (TPSA) is 245 Å². The fourth-order valence-corrected chi connectivity index (χ4v) is 10.5. The molecule has 3 fully saturated rings. The molecule has 0 spiro atoms. The number of likely N-dealkylation sites (N-methyl/N-ethyl adjacent to an activating group) is 1. The molecule has 3 aliphatic rings. The number of aromatic nitrogens is 5. The summed E-state index contributed by atoms with van der Waals surface area (Å²) in [4.78, 5) is 76.6. The van der Waals surface area contributed by atoms with E-state index in [1.165, 1.54) is 18.4 Å². The third-order valence-corrected chi connectivity index (χ3v) is 14.2. The Bertz CT molecular complexity index is 2230. The maximum Gasteiger partial charge on any atom is 0.425 e. The van der Waals surface area contributed by atoms with Crippen LogP contribution in [0, 0.1) is 23.7 Å². The van der Waals surface area contributed by atoms with Crippen molar-refractivity contribution in [2.45, 2.75) is 154 Å². The zero-order valence-electron chi connectivity index (χ0n) is 41.1. The number of carbonyl (C=O) groups excluding carboxylic acids is 4. The average molecular weight is 950 g/mol. The van der Waals surface area contributed by atoms with E-state index in [1.54, 1.807) is 85.4 Å². The summed E-state index contributed by atoms with van der Waals surface area (Å²) in [5.41, 5.74) is 8.00. The molecule has 0 bridgehead atoms. The minimum atomic E-state index is -1.53. The highest BCUT2D eigenvalue weighted by atomic mass is 16.7. The Morgan fingerprint density at radius 2 is 1.88 bits per heavy atom. The van der Waals surface area contributed by atoms with Gasteiger partial charge in [0.2, 0.25) is 0 Å². The van der Waals surface area contributed by atoms with Crippen LogP contribution in [0.2, 0.25) is 0 Å². The maximum atomic E-state index is 15.0. The van der Waals surface area contributed by atoms with Crippen molar-refractivity contribution in [2.75, 3.05) is 33.0 Å². The number of carbonyl (C=O) groups is 4. The van der Waals surface area contributed by atoms with Gasteiger partial charge < -0.3 is 43.8 Å². The summed E-state index contributed by atoms with van der Waals surface area (Å²) in [6.07, 6.45) is 2.30. The molecular weight excluding hydrogens is 879 g/mol. The number of rotatable bonds is 15. The Labute approximate surface area is 398 Å². The number of methoxy groups -OCH3 is 1. The summed E-state index contributed by atoms with van der Waals surface area (Å²) < 4.78 is 40.4. The number of Topliss-reactive ketones (excluding diaryl/α,β-unsaturated/α-hetero) is 1. The largest absolute Gasteiger partial charge is 0.461 e. The number of pyridine rings is 1. The molecule has 6 rings (SSSR count). The molecule has 14 atom stereocenters. The van der Waals surface area contributed by atoms with E-state index in [1.807, 2.05) is 23.4 Å². The Morgan fingerprint density at radius 3 is 2.56 bits per heavy atom. The van der Waals surface area contributed by atoms with Gasteiger partial charge in [0.15, 0.2) is 23.4 Å². The fraction of sp³-hybridized carbons (Fsp3) is 0.667. The Morgan fingerprint density at radius 1 is 1.13 bits per heavy atom. The van der Waals surface area contributed by atoms with Crippen LogP contribution in [-0.2, 0) is 55.8 Å². The quantitative estimate of drug-likeness (QED) is 0.0842. The highest BCUT2D eigenvalue weighted by Crippen LogP contribution is 2.43. The molecule has 3 aromatic rings. The van der Waals surface area contributed by atoms with Gasteiger partial charge in [-0.15, -0.1) is 6.58 Å². The van der Waals surface area contributed by atoms with Crippen molar-refractivity contribution < 1.29 is 52.7 Å². The van der Waals surface area contributed by atoms with Crippen molar-refractivity contribution in [3.05, 3.63) is 55.4 Å². The number of ketones is 1. The van der Waals surface area contributed by atoms with E-state index in [2.05, 4.69) is 31.9 Å². The first kappa shape index (κ1) is 52.3. The number of nitrogen functional groups attached to an aromatic ring is 1. The number of anilines is 1. The van der Waals surface area contributed by atoms with Crippen molar-refractivity contribution in [1.82, 2.24) is 39.8 Å². The van der Waals surface area contributed by atoms with Gasteiger partial charge in [0, 0.05) is 62.9 Å². The summed E-state index contributed by atoms with van der Waals surface area (Å²) >= 11 is 0. The lowest BCUT2D eigenvalue weighted by molar-refractivity contribution is -0.302. The molecule has 3 aromatic heterocycles. The van der Waals surface area contributed by atoms with E-state index in [4.69, 9.17) is 34.2 Å². The van der Waals surface area contributed by atoms with Crippen molar-refractivity contribution >= 4 is 40.8 Å². The first-order valence-corrected chi connectivity index (χ1v) is 23.6. The SMILES string of the molecule is C=CCN(C)[C@@H]1C[C@H](C)O[C@H](O[C@@H]2[C@@H](C)[C@H](OC(=O)Cc3cccnc3)[C@@H](C)C(=O)O[C@H](CC)[C@@]3(C)OC(=O)N(NCCCn4cnc5c(N)ncnc54)[C@@H]3[C@@H](C)C(=O)[C@H](C)C[C@@]2(C)OC)[C@H]1O. The first-order chi connectivity index (χ1) is 32.3. The van der Waals surface area contributed by atoms with Gasteiger partial charge in [0.05, 0.1) is 36.5 Å². The molecule has 374 valence electrons. The second kappa shape index (κ2) is 22.1. The predicted molar refractivity (Wildman–Crippen MR) is 249 cm³/mol. The Hall–Kier alpha value is -5.12. The smallest absolute Gasteiger partial charge is 0.425 e. The second-order valence-corrected chi connectivity index (χ2v) is 19.2. The minimum Gasteiger partial charge on any atom is -0.461 e. The van der Waals surface area contributed by atoms with Gasteiger partial charge in [-0.3, -0.25) is 24.3 Å². The number of hydrazine groups is 1. The Balaban J connectivity index is 1.37. The van der Waals surface area contributed by atoms with Crippen LogP contribution in [0.25, 0.3) is 11.2 Å². The Kier molecular flexibility index (Phi) is 17.0.